The van der Waals surface area contributed by atoms with Gasteiger partial charge in [0.2, 0.25) is 0 Å². The van der Waals surface area contributed by atoms with Crippen LogP contribution in [0, 0.1) is 5.92 Å². The lowest BCUT2D eigenvalue weighted by Crippen LogP contribution is -2.51. The second kappa shape index (κ2) is 31.7. The zero-order valence-electron chi connectivity index (χ0n) is 30.4. The van der Waals surface area contributed by atoms with Crippen molar-refractivity contribution in [3.8, 4) is 0 Å². The molecule has 0 aromatic rings. The molecule has 2 atom stereocenters. The van der Waals surface area contributed by atoms with Crippen molar-refractivity contribution in [1.29, 1.82) is 0 Å². The zero-order chi connectivity index (χ0) is 32.7. The van der Waals surface area contributed by atoms with Gasteiger partial charge in [0.15, 0.2) is 5.79 Å². The molecule has 2 N–H and O–H groups in total. The highest BCUT2D eigenvalue weighted by Crippen LogP contribution is 2.32. The minimum absolute atomic E-state index is 0.177. The number of hydrogen-bond acceptors (Lipinski definition) is 7. The van der Waals surface area contributed by atoms with E-state index in [4.69, 9.17) is 34.2 Å². The molecule has 2 unspecified atom stereocenters. The quantitative estimate of drug-likeness (QED) is 0.0611. The SMILES string of the molecule is CCCCCCCCC(CCCN)C(C)(OCC)OCC.CCCCCCCCC(OCC)C(OCC)(OCC)OCC. The molecule has 0 aliphatic heterocycles. The maximum absolute atomic E-state index is 5.96. The summed E-state index contributed by atoms with van der Waals surface area (Å²) in [5, 5.41) is 0. The fourth-order valence-corrected chi connectivity index (χ4v) is 5.74. The molecule has 0 fully saturated rings. The first kappa shape index (κ1) is 44.8. The van der Waals surface area contributed by atoms with E-state index in [2.05, 4.69) is 20.8 Å². The molecule has 0 amide bonds. The minimum Gasteiger partial charge on any atom is -0.370 e. The second-order valence-corrected chi connectivity index (χ2v) is 11.5. The standard InChI is InChI=1S/C18H39NO2.C18H38O4/c1-5-8-9-10-11-12-14-17(15-13-16-19)18(4,20-6-2)21-7-3;1-6-11-12-13-14-15-16-17(19-7-2)18(20-8-3,21-9-4)22-10-5/h17H,5-16,19H2,1-4H3;17H,6-16H2,1-5H3. The lowest BCUT2D eigenvalue weighted by molar-refractivity contribution is -0.415. The Morgan fingerprint density at radius 1 is 0.465 bits per heavy atom. The largest absolute Gasteiger partial charge is 0.370 e. The molecule has 0 bridgehead atoms. The summed E-state index contributed by atoms with van der Waals surface area (Å²) in [5.74, 6) is -1.05. The highest BCUT2D eigenvalue weighted by atomic mass is 16.9. The summed E-state index contributed by atoms with van der Waals surface area (Å²) in [6.45, 7) is 23.0. The lowest BCUT2D eigenvalue weighted by Gasteiger charge is -2.38. The molecule has 262 valence electrons. The van der Waals surface area contributed by atoms with E-state index in [-0.39, 0.29) is 6.10 Å². The van der Waals surface area contributed by atoms with Gasteiger partial charge in [-0.05, 0) is 80.7 Å². The van der Waals surface area contributed by atoms with Crippen LogP contribution in [0.5, 0.6) is 0 Å². The van der Waals surface area contributed by atoms with Crippen molar-refractivity contribution in [2.24, 2.45) is 11.7 Å². The van der Waals surface area contributed by atoms with Crippen LogP contribution in [0.2, 0.25) is 0 Å². The first-order chi connectivity index (χ1) is 20.8. The van der Waals surface area contributed by atoms with Gasteiger partial charge in [-0.15, -0.1) is 0 Å². The Labute approximate surface area is 269 Å². The van der Waals surface area contributed by atoms with Crippen molar-refractivity contribution < 1.29 is 28.4 Å². The molecule has 0 saturated heterocycles. The average Bonchev–Trinajstić information content (AvgIpc) is 2.98. The van der Waals surface area contributed by atoms with Crippen LogP contribution < -0.4 is 5.73 Å². The Morgan fingerprint density at radius 3 is 1.26 bits per heavy atom. The van der Waals surface area contributed by atoms with Crippen LogP contribution in [-0.2, 0) is 28.4 Å². The summed E-state index contributed by atoms with van der Waals surface area (Å²) in [7, 11) is 0. The first-order valence-corrected chi connectivity index (χ1v) is 18.4. The highest BCUT2D eigenvalue weighted by molar-refractivity contribution is 4.76. The van der Waals surface area contributed by atoms with Gasteiger partial charge in [-0.3, -0.25) is 0 Å². The molecule has 0 saturated carbocycles. The van der Waals surface area contributed by atoms with E-state index in [1.807, 2.05) is 41.5 Å². The smallest absolute Gasteiger partial charge is 0.310 e. The van der Waals surface area contributed by atoms with Crippen LogP contribution in [0.4, 0.5) is 0 Å². The topological polar surface area (TPSA) is 81.4 Å². The fourth-order valence-electron chi connectivity index (χ4n) is 5.74. The van der Waals surface area contributed by atoms with Crippen molar-refractivity contribution in [1.82, 2.24) is 0 Å². The Balaban J connectivity index is 0. The van der Waals surface area contributed by atoms with Crippen LogP contribution >= 0.6 is 0 Å². The van der Waals surface area contributed by atoms with Crippen molar-refractivity contribution in [3.63, 3.8) is 0 Å². The van der Waals surface area contributed by atoms with Crippen molar-refractivity contribution in [2.75, 3.05) is 46.2 Å². The maximum Gasteiger partial charge on any atom is 0.310 e. The molecule has 0 aliphatic rings. The summed E-state index contributed by atoms with van der Waals surface area (Å²) in [5.41, 5.74) is 5.70. The molecule has 0 aromatic heterocycles. The van der Waals surface area contributed by atoms with E-state index in [1.165, 1.54) is 77.0 Å². The highest BCUT2D eigenvalue weighted by Gasteiger charge is 2.42. The summed E-state index contributed by atoms with van der Waals surface area (Å²) in [4.78, 5) is 0. The van der Waals surface area contributed by atoms with Gasteiger partial charge in [-0.2, -0.15) is 0 Å². The van der Waals surface area contributed by atoms with E-state index in [9.17, 15) is 0 Å². The minimum atomic E-state index is -1.06. The third-order valence-electron chi connectivity index (χ3n) is 7.88. The molecule has 0 rings (SSSR count). The number of ether oxygens (including phenoxy) is 6. The molecular formula is C36H77NO6. The summed E-state index contributed by atoms with van der Waals surface area (Å²) in [6.07, 6.45) is 19.6. The Kier molecular flexibility index (Phi) is 33.1. The normalized spacial score (nSPS) is 13.5. The number of unbranched alkanes of at least 4 members (excludes halogenated alkanes) is 10. The van der Waals surface area contributed by atoms with Crippen molar-refractivity contribution >= 4 is 0 Å². The zero-order valence-corrected chi connectivity index (χ0v) is 30.4. The third kappa shape index (κ3) is 22.0. The van der Waals surface area contributed by atoms with Gasteiger partial charge in [0.25, 0.3) is 0 Å². The fraction of sp³-hybridized carbons (Fsp3) is 1.00. The monoisotopic (exact) mass is 620 g/mol. The van der Waals surface area contributed by atoms with Gasteiger partial charge >= 0.3 is 5.97 Å². The molecule has 0 aromatic carbocycles. The van der Waals surface area contributed by atoms with Crippen molar-refractivity contribution in [3.05, 3.63) is 0 Å². The Hall–Kier alpha value is -0.280. The predicted molar refractivity (Wildman–Crippen MR) is 182 cm³/mol. The van der Waals surface area contributed by atoms with Gasteiger partial charge in [-0.25, -0.2) is 0 Å². The van der Waals surface area contributed by atoms with Crippen molar-refractivity contribution in [2.45, 2.75) is 183 Å². The van der Waals surface area contributed by atoms with Crippen LogP contribution in [-0.4, -0.2) is 64.1 Å². The molecule has 0 aliphatic carbocycles. The number of rotatable bonds is 31. The van der Waals surface area contributed by atoms with Crippen LogP contribution in [0.1, 0.15) is 165 Å². The summed E-state index contributed by atoms with van der Waals surface area (Å²) in [6, 6.07) is 0. The Morgan fingerprint density at radius 2 is 0.860 bits per heavy atom. The van der Waals surface area contributed by atoms with E-state index < -0.39 is 11.8 Å². The molecule has 7 heteroatoms. The van der Waals surface area contributed by atoms with Gasteiger partial charge in [0, 0.05) is 45.6 Å². The third-order valence-corrected chi connectivity index (χ3v) is 7.88. The summed E-state index contributed by atoms with van der Waals surface area (Å²) >= 11 is 0. The van der Waals surface area contributed by atoms with Crippen LogP contribution in [0.25, 0.3) is 0 Å². The summed E-state index contributed by atoms with van der Waals surface area (Å²) < 4.78 is 35.4. The van der Waals surface area contributed by atoms with Gasteiger partial charge in [0.05, 0.1) is 0 Å². The first-order valence-electron chi connectivity index (χ1n) is 18.4. The van der Waals surface area contributed by atoms with Crippen LogP contribution in [0.15, 0.2) is 0 Å². The molecular weight excluding hydrogens is 542 g/mol. The van der Waals surface area contributed by atoms with Gasteiger partial charge in [0.1, 0.15) is 6.10 Å². The maximum atomic E-state index is 5.96. The second-order valence-electron chi connectivity index (χ2n) is 11.5. The molecule has 0 heterocycles. The Bertz CT molecular complexity index is 527. The van der Waals surface area contributed by atoms with Crippen LogP contribution in [0.3, 0.4) is 0 Å². The van der Waals surface area contributed by atoms with Gasteiger partial charge < -0.3 is 34.2 Å². The van der Waals surface area contributed by atoms with E-state index in [0.717, 1.165) is 32.2 Å². The number of hydrogen-bond donors (Lipinski definition) is 1. The molecule has 0 spiro atoms. The average molecular weight is 620 g/mol. The molecule has 43 heavy (non-hydrogen) atoms. The van der Waals surface area contributed by atoms with E-state index in [1.54, 1.807) is 0 Å². The van der Waals surface area contributed by atoms with Gasteiger partial charge in [-0.1, -0.05) is 90.9 Å². The lowest BCUT2D eigenvalue weighted by atomic mass is 9.88. The predicted octanol–water partition coefficient (Wildman–Crippen LogP) is 9.79. The van der Waals surface area contributed by atoms with E-state index in [0.29, 0.717) is 45.6 Å². The molecule has 0 radical (unpaired) electrons. The van der Waals surface area contributed by atoms with E-state index >= 15 is 0 Å². The molecule has 7 nitrogen and oxygen atoms in total. The number of nitrogens with two attached hydrogens (primary N) is 1.